The Kier molecular flexibility index (Phi) is 5.02. The molecular formula is C15H27N3O2. The molecular weight excluding hydrogens is 254 g/mol. The second-order valence-electron chi connectivity index (χ2n) is 6.18. The summed E-state index contributed by atoms with van der Waals surface area (Å²) < 4.78 is 0. The summed E-state index contributed by atoms with van der Waals surface area (Å²) in [4.78, 5) is 26.4. The van der Waals surface area contributed by atoms with Crippen LogP contribution in [0, 0.1) is 5.92 Å². The highest BCUT2D eigenvalue weighted by Gasteiger charge is 2.39. The van der Waals surface area contributed by atoms with Gasteiger partial charge < -0.3 is 15.5 Å². The number of carbonyl (C=O) groups excluding carboxylic acids is 2. The maximum atomic E-state index is 12.6. The van der Waals surface area contributed by atoms with Gasteiger partial charge in [0, 0.05) is 25.6 Å². The van der Waals surface area contributed by atoms with E-state index in [1.54, 1.807) is 0 Å². The first-order chi connectivity index (χ1) is 9.57. The molecule has 0 spiro atoms. The van der Waals surface area contributed by atoms with Crippen LogP contribution in [0.3, 0.4) is 0 Å². The van der Waals surface area contributed by atoms with E-state index in [2.05, 4.69) is 10.6 Å². The van der Waals surface area contributed by atoms with Crippen LogP contribution >= 0.6 is 0 Å². The normalized spacial score (nSPS) is 28.2. The van der Waals surface area contributed by atoms with Crippen molar-refractivity contribution in [2.24, 2.45) is 5.92 Å². The summed E-state index contributed by atoms with van der Waals surface area (Å²) >= 11 is 0. The quantitative estimate of drug-likeness (QED) is 0.808. The number of piperidine rings is 2. The van der Waals surface area contributed by atoms with Crippen molar-refractivity contribution in [3.63, 3.8) is 0 Å². The van der Waals surface area contributed by atoms with Crippen LogP contribution in [0.4, 0.5) is 0 Å². The number of rotatable bonds is 3. The zero-order valence-electron chi connectivity index (χ0n) is 12.7. The van der Waals surface area contributed by atoms with Crippen LogP contribution in [0.2, 0.25) is 0 Å². The van der Waals surface area contributed by atoms with Crippen molar-refractivity contribution < 1.29 is 9.59 Å². The molecule has 2 amide bonds. The van der Waals surface area contributed by atoms with Crippen molar-refractivity contribution >= 4 is 11.8 Å². The van der Waals surface area contributed by atoms with Crippen molar-refractivity contribution in [1.82, 2.24) is 15.5 Å². The Morgan fingerprint density at radius 2 is 2.00 bits per heavy atom. The molecule has 2 rings (SSSR count). The fourth-order valence-corrected chi connectivity index (χ4v) is 3.25. The highest BCUT2D eigenvalue weighted by molar-refractivity contribution is 5.86. The summed E-state index contributed by atoms with van der Waals surface area (Å²) in [6.45, 7) is 6.98. The largest absolute Gasteiger partial charge is 0.356 e. The van der Waals surface area contributed by atoms with Gasteiger partial charge in [0.05, 0.1) is 5.54 Å². The van der Waals surface area contributed by atoms with Gasteiger partial charge in [-0.15, -0.1) is 0 Å². The Bertz CT molecular complexity index is 356. The first-order valence-electron chi connectivity index (χ1n) is 7.89. The van der Waals surface area contributed by atoms with Crippen LogP contribution in [0.1, 0.15) is 46.0 Å². The Morgan fingerprint density at radius 1 is 1.30 bits per heavy atom. The smallest absolute Gasteiger partial charge is 0.242 e. The van der Waals surface area contributed by atoms with E-state index >= 15 is 0 Å². The van der Waals surface area contributed by atoms with Gasteiger partial charge in [0.1, 0.15) is 0 Å². The number of nitrogens with one attached hydrogen (secondary N) is 2. The second-order valence-corrected chi connectivity index (χ2v) is 6.18. The van der Waals surface area contributed by atoms with Crippen molar-refractivity contribution in [1.29, 1.82) is 0 Å². The predicted molar refractivity (Wildman–Crippen MR) is 78.2 cm³/mol. The van der Waals surface area contributed by atoms with Crippen LogP contribution in [0.5, 0.6) is 0 Å². The molecule has 114 valence electrons. The number of likely N-dealkylation sites (tertiary alicyclic amines) is 1. The SMILES string of the molecule is CCNC(=O)C1CCN(C(=O)C2(C)CCCCN2)CC1. The zero-order chi connectivity index (χ0) is 14.6. The second kappa shape index (κ2) is 6.57. The maximum Gasteiger partial charge on any atom is 0.242 e. The van der Waals surface area contributed by atoms with Gasteiger partial charge in [-0.3, -0.25) is 9.59 Å². The summed E-state index contributed by atoms with van der Waals surface area (Å²) in [6, 6.07) is 0. The molecule has 0 aliphatic carbocycles. The molecule has 5 nitrogen and oxygen atoms in total. The predicted octanol–water partition coefficient (Wildman–Crippen LogP) is 0.893. The molecule has 2 heterocycles. The van der Waals surface area contributed by atoms with E-state index in [-0.39, 0.29) is 17.7 Å². The minimum Gasteiger partial charge on any atom is -0.356 e. The first-order valence-corrected chi connectivity index (χ1v) is 7.89. The molecule has 5 heteroatoms. The van der Waals surface area contributed by atoms with Crippen LogP contribution in [0.15, 0.2) is 0 Å². The Labute approximate surface area is 121 Å². The van der Waals surface area contributed by atoms with E-state index in [9.17, 15) is 9.59 Å². The molecule has 20 heavy (non-hydrogen) atoms. The van der Waals surface area contributed by atoms with Gasteiger partial charge in [-0.2, -0.15) is 0 Å². The van der Waals surface area contributed by atoms with E-state index in [0.717, 1.165) is 38.6 Å². The van der Waals surface area contributed by atoms with Crippen LogP contribution in [0.25, 0.3) is 0 Å². The number of nitrogens with zero attached hydrogens (tertiary/aromatic N) is 1. The lowest BCUT2D eigenvalue weighted by Gasteiger charge is -2.40. The van der Waals surface area contributed by atoms with Gasteiger partial charge in [-0.1, -0.05) is 0 Å². The van der Waals surface area contributed by atoms with Crippen molar-refractivity contribution in [3.8, 4) is 0 Å². The molecule has 0 aromatic heterocycles. The van der Waals surface area contributed by atoms with E-state index in [4.69, 9.17) is 0 Å². The van der Waals surface area contributed by atoms with E-state index in [0.29, 0.717) is 19.6 Å². The van der Waals surface area contributed by atoms with Crippen LogP contribution in [-0.2, 0) is 9.59 Å². The highest BCUT2D eigenvalue weighted by Crippen LogP contribution is 2.25. The third-order valence-electron chi connectivity index (χ3n) is 4.59. The van der Waals surface area contributed by atoms with Gasteiger partial charge in [0.25, 0.3) is 0 Å². The standard InChI is InChI=1S/C15H27N3O2/c1-3-16-13(19)12-6-10-18(11-7-12)14(20)15(2)8-4-5-9-17-15/h12,17H,3-11H2,1-2H3,(H,16,19). The molecule has 2 aliphatic rings. The number of hydrogen-bond donors (Lipinski definition) is 2. The van der Waals surface area contributed by atoms with Crippen molar-refractivity contribution in [2.45, 2.75) is 51.5 Å². The number of amides is 2. The third kappa shape index (κ3) is 3.32. The summed E-state index contributed by atoms with van der Waals surface area (Å²) in [6.07, 6.45) is 4.76. The maximum absolute atomic E-state index is 12.6. The summed E-state index contributed by atoms with van der Waals surface area (Å²) in [5.41, 5.74) is -0.392. The van der Waals surface area contributed by atoms with E-state index in [1.165, 1.54) is 0 Å². The Hall–Kier alpha value is -1.10. The Morgan fingerprint density at radius 3 is 2.55 bits per heavy atom. The van der Waals surface area contributed by atoms with Gasteiger partial charge in [0.2, 0.25) is 11.8 Å². The lowest BCUT2D eigenvalue weighted by atomic mass is 9.87. The average Bonchev–Trinajstić information content (AvgIpc) is 2.48. The molecule has 1 atom stereocenters. The first kappa shape index (κ1) is 15.3. The molecule has 0 aromatic rings. The molecule has 0 radical (unpaired) electrons. The molecule has 0 saturated carbocycles. The molecule has 2 aliphatic heterocycles. The average molecular weight is 281 g/mol. The van der Waals surface area contributed by atoms with Crippen LogP contribution < -0.4 is 10.6 Å². The topological polar surface area (TPSA) is 61.4 Å². The fourth-order valence-electron chi connectivity index (χ4n) is 3.25. The van der Waals surface area contributed by atoms with E-state index < -0.39 is 5.54 Å². The molecule has 0 aromatic carbocycles. The lowest BCUT2D eigenvalue weighted by Crippen LogP contribution is -2.59. The van der Waals surface area contributed by atoms with Gasteiger partial charge in [-0.05, 0) is 52.5 Å². The van der Waals surface area contributed by atoms with Gasteiger partial charge >= 0.3 is 0 Å². The zero-order valence-corrected chi connectivity index (χ0v) is 12.7. The summed E-state index contributed by atoms with van der Waals surface area (Å²) in [7, 11) is 0. The summed E-state index contributed by atoms with van der Waals surface area (Å²) in [5, 5.41) is 6.25. The summed E-state index contributed by atoms with van der Waals surface area (Å²) in [5.74, 6) is 0.430. The molecule has 0 bridgehead atoms. The monoisotopic (exact) mass is 281 g/mol. The van der Waals surface area contributed by atoms with Gasteiger partial charge in [0.15, 0.2) is 0 Å². The molecule has 1 unspecified atom stereocenters. The number of carbonyl (C=O) groups is 2. The third-order valence-corrected chi connectivity index (χ3v) is 4.59. The molecule has 2 saturated heterocycles. The Balaban J connectivity index is 1.87. The van der Waals surface area contributed by atoms with Crippen LogP contribution in [-0.4, -0.2) is 48.4 Å². The van der Waals surface area contributed by atoms with Gasteiger partial charge in [-0.25, -0.2) is 0 Å². The molecule has 2 fully saturated rings. The van der Waals surface area contributed by atoms with Crippen molar-refractivity contribution in [3.05, 3.63) is 0 Å². The minimum absolute atomic E-state index is 0.0751. The molecule has 2 N–H and O–H groups in total. The highest BCUT2D eigenvalue weighted by atomic mass is 16.2. The fraction of sp³-hybridized carbons (Fsp3) is 0.867. The lowest BCUT2D eigenvalue weighted by molar-refractivity contribution is -0.141. The van der Waals surface area contributed by atoms with Crippen molar-refractivity contribution in [2.75, 3.05) is 26.2 Å². The number of hydrogen-bond acceptors (Lipinski definition) is 3. The minimum atomic E-state index is -0.392. The van der Waals surface area contributed by atoms with E-state index in [1.807, 2.05) is 18.7 Å².